The molecule has 2 aromatic rings. The fourth-order valence-corrected chi connectivity index (χ4v) is 3.23. The van der Waals surface area contributed by atoms with Gasteiger partial charge < -0.3 is 14.3 Å². The molecule has 7 heteroatoms. The van der Waals surface area contributed by atoms with Crippen molar-refractivity contribution in [3.8, 4) is 17.2 Å². The molecular weight excluding hydrogens is 320 g/mol. The molecule has 1 saturated heterocycles. The number of methoxy groups -OCH3 is 1. The first-order valence-electron chi connectivity index (χ1n) is 8.78. The Kier molecular flexibility index (Phi) is 6.01. The van der Waals surface area contributed by atoms with Crippen molar-refractivity contribution < 1.29 is 14.3 Å². The van der Waals surface area contributed by atoms with E-state index in [0.717, 1.165) is 43.9 Å². The Morgan fingerprint density at radius 3 is 2.64 bits per heavy atom. The number of nitrogens with zero attached hydrogens (tertiary/aromatic N) is 4. The van der Waals surface area contributed by atoms with Crippen molar-refractivity contribution in [2.24, 2.45) is 0 Å². The van der Waals surface area contributed by atoms with Gasteiger partial charge in [0.25, 0.3) is 5.89 Å². The molecule has 0 spiro atoms. The molecule has 2 heterocycles. The van der Waals surface area contributed by atoms with Gasteiger partial charge in [-0.15, -0.1) is 10.2 Å². The highest BCUT2D eigenvalue weighted by atomic mass is 16.5. The largest absolute Gasteiger partial charge is 0.496 e. The van der Waals surface area contributed by atoms with E-state index in [1.165, 1.54) is 0 Å². The van der Waals surface area contributed by atoms with Crippen LogP contribution >= 0.6 is 0 Å². The number of aliphatic hydroxyl groups is 1. The highest BCUT2D eigenvalue weighted by molar-refractivity contribution is 5.62. The van der Waals surface area contributed by atoms with E-state index in [2.05, 4.69) is 26.9 Å². The lowest BCUT2D eigenvalue weighted by atomic mass is 10.1. The number of rotatable bonds is 7. The highest BCUT2D eigenvalue weighted by Crippen LogP contribution is 2.28. The third kappa shape index (κ3) is 4.18. The Bertz CT molecular complexity index is 664. The molecule has 1 N–H and O–H groups in total. The van der Waals surface area contributed by atoms with Crippen LogP contribution in [0.5, 0.6) is 5.75 Å². The third-order valence-corrected chi connectivity index (χ3v) is 4.77. The minimum Gasteiger partial charge on any atom is -0.496 e. The van der Waals surface area contributed by atoms with E-state index in [4.69, 9.17) is 9.15 Å². The van der Waals surface area contributed by atoms with Crippen molar-refractivity contribution in [1.82, 2.24) is 20.0 Å². The number of hydrogen-bond acceptors (Lipinski definition) is 7. The van der Waals surface area contributed by atoms with Crippen LogP contribution < -0.4 is 4.74 Å². The second-order valence-electron chi connectivity index (χ2n) is 6.26. The van der Waals surface area contributed by atoms with E-state index in [9.17, 15) is 5.11 Å². The van der Waals surface area contributed by atoms with Crippen LogP contribution in [0.4, 0.5) is 0 Å². The highest BCUT2D eigenvalue weighted by Gasteiger charge is 2.23. The van der Waals surface area contributed by atoms with Gasteiger partial charge in [0.15, 0.2) is 0 Å². The van der Waals surface area contributed by atoms with Crippen LogP contribution in [0.2, 0.25) is 0 Å². The summed E-state index contributed by atoms with van der Waals surface area (Å²) in [6.07, 6.45) is 0.975. The standard InChI is InChI=1S/C18H26N4O3/c1-3-14(13-23)22-10-8-21(9-11-22)12-17-19-20-18(25-17)15-6-4-5-7-16(15)24-2/h4-7,14,23H,3,8-13H2,1-2H3. The predicted octanol–water partition coefficient (Wildman–Crippen LogP) is 1.63. The first kappa shape index (κ1) is 17.8. The lowest BCUT2D eigenvalue weighted by Gasteiger charge is -2.37. The van der Waals surface area contributed by atoms with Crippen molar-refractivity contribution in [3.63, 3.8) is 0 Å². The van der Waals surface area contributed by atoms with Crippen LogP contribution in [0.1, 0.15) is 19.2 Å². The topological polar surface area (TPSA) is 74.9 Å². The summed E-state index contributed by atoms with van der Waals surface area (Å²) < 4.78 is 11.2. The number of piperazine rings is 1. The first-order valence-corrected chi connectivity index (χ1v) is 8.78. The van der Waals surface area contributed by atoms with E-state index >= 15 is 0 Å². The molecule has 0 radical (unpaired) electrons. The molecule has 0 amide bonds. The number of ether oxygens (including phenoxy) is 1. The summed E-state index contributed by atoms with van der Waals surface area (Å²) in [5.74, 6) is 1.82. The van der Waals surface area contributed by atoms with E-state index < -0.39 is 0 Å². The van der Waals surface area contributed by atoms with Gasteiger partial charge in [0.05, 0.1) is 25.8 Å². The van der Waals surface area contributed by atoms with Crippen molar-refractivity contribution in [2.45, 2.75) is 25.9 Å². The van der Waals surface area contributed by atoms with E-state index in [0.29, 0.717) is 18.3 Å². The van der Waals surface area contributed by atoms with Gasteiger partial charge in [-0.3, -0.25) is 9.80 Å². The minimum atomic E-state index is 0.225. The maximum Gasteiger partial charge on any atom is 0.251 e. The SMILES string of the molecule is CCC(CO)N1CCN(Cc2nnc(-c3ccccc3OC)o2)CC1. The van der Waals surface area contributed by atoms with Crippen molar-refractivity contribution in [3.05, 3.63) is 30.2 Å². The average molecular weight is 346 g/mol. The van der Waals surface area contributed by atoms with Gasteiger partial charge in [-0.2, -0.15) is 0 Å². The minimum absolute atomic E-state index is 0.225. The number of hydrogen-bond donors (Lipinski definition) is 1. The van der Waals surface area contributed by atoms with Crippen LogP contribution in [0.3, 0.4) is 0 Å². The smallest absolute Gasteiger partial charge is 0.251 e. The summed E-state index contributed by atoms with van der Waals surface area (Å²) >= 11 is 0. The first-order chi connectivity index (χ1) is 12.2. The normalized spacial score (nSPS) is 17.6. The summed E-state index contributed by atoms with van der Waals surface area (Å²) in [6, 6.07) is 7.89. The number of para-hydroxylation sites is 1. The Hall–Kier alpha value is -1.96. The molecule has 0 aliphatic carbocycles. The Morgan fingerprint density at radius 1 is 1.20 bits per heavy atom. The molecule has 1 unspecified atom stereocenters. The van der Waals surface area contributed by atoms with Crippen molar-refractivity contribution in [2.75, 3.05) is 39.9 Å². The molecule has 1 aliphatic rings. The number of benzene rings is 1. The van der Waals surface area contributed by atoms with Gasteiger partial charge in [-0.25, -0.2) is 0 Å². The average Bonchev–Trinajstić information content (AvgIpc) is 3.12. The summed E-state index contributed by atoms with van der Waals surface area (Å²) in [6.45, 7) is 6.75. The lowest BCUT2D eigenvalue weighted by molar-refractivity contribution is 0.0577. The monoisotopic (exact) mass is 346 g/mol. The summed E-state index contributed by atoms with van der Waals surface area (Å²) in [5.41, 5.74) is 0.808. The molecule has 3 rings (SSSR count). The van der Waals surface area contributed by atoms with Gasteiger partial charge in [0.2, 0.25) is 5.89 Å². The van der Waals surface area contributed by atoms with E-state index in [-0.39, 0.29) is 12.6 Å². The van der Waals surface area contributed by atoms with Gasteiger partial charge >= 0.3 is 0 Å². The molecule has 1 atom stereocenters. The van der Waals surface area contributed by atoms with Crippen LogP contribution in [0.25, 0.3) is 11.5 Å². The molecule has 7 nitrogen and oxygen atoms in total. The van der Waals surface area contributed by atoms with Gasteiger partial charge in [0.1, 0.15) is 5.75 Å². The molecule has 1 aliphatic heterocycles. The quantitative estimate of drug-likeness (QED) is 0.817. The molecule has 1 aromatic heterocycles. The molecule has 0 saturated carbocycles. The maximum absolute atomic E-state index is 9.43. The third-order valence-electron chi connectivity index (χ3n) is 4.77. The zero-order valence-electron chi connectivity index (χ0n) is 14.9. The number of aromatic nitrogens is 2. The van der Waals surface area contributed by atoms with E-state index in [1.54, 1.807) is 7.11 Å². The molecule has 25 heavy (non-hydrogen) atoms. The van der Waals surface area contributed by atoms with Gasteiger partial charge in [-0.05, 0) is 18.6 Å². The fraction of sp³-hybridized carbons (Fsp3) is 0.556. The second kappa shape index (κ2) is 8.42. The van der Waals surface area contributed by atoms with Crippen molar-refractivity contribution >= 4 is 0 Å². The zero-order chi connectivity index (χ0) is 17.6. The lowest BCUT2D eigenvalue weighted by Crippen LogP contribution is -2.50. The fourth-order valence-electron chi connectivity index (χ4n) is 3.23. The van der Waals surface area contributed by atoms with Crippen LogP contribution in [-0.2, 0) is 6.54 Å². The van der Waals surface area contributed by atoms with E-state index in [1.807, 2.05) is 24.3 Å². The summed E-state index contributed by atoms with van der Waals surface area (Å²) in [5, 5.41) is 17.8. The second-order valence-corrected chi connectivity index (χ2v) is 6.26. The Balaban J connectivity index is 1.59. The molecular formula is C18H26N4O3. The van der Waals surface area contributed by atoms with Crippen molar-refractivity contribution in [1.29, 1.82) is 0 Å². The Morgan fingerprint density at radius 2 is 1.96 bits per heavy atom. The molecule has 1 aromatic carbocycles. The Labute approximate surface area is 148 Å². The summed E-state index contributed by atoms with van der Waals surface area (Å²) in [7, 11) is 1.63. The van der Waals surface area contributed by atoms with Crippen LogP contribution in [-0.4, -0.2) is 71.0 Å². The maximum atomic E-state index is 9.43. The molecule has 136 valence electrons. The molecule has 1 fully saturated rings. The zero-order valence-corrected chi connectivity index (χ0v) is 14.9. The summed E-state index contributed by atoms with van der Waals surface area (Å²) in [4.78, 5) is 4.66. The molecule has 0 bridgehead atoms. The number of aliphatic hydroxyl groups excluding tert-OH is 1. The predicted molar refractivity (Wildman–Crippen MR) is 94.3 cm³/mol. The van der Waals surface area contributed by atoms with Crippen LogP contribution in [0, 0.1) is 0 Å². The van der Waals surface area contributed by atoms with Crippen LogP contribution in [0.15, 0.2) is 28.7 Å². The van der Waals surface area contributed by atoms with Gasteiger partial charge in [0, 0.05) is 32.2 Å². The van der Waals surface area contributed by atoms with Gasteiger partial charge in [-0.1, -0.05) is 19.1 Å².